The average molecular weight is 304 g/mol. The number of hydrogen-bond donors (Lipinski definition) is 2. The monoisotopic (exact) mass is 304 g/mol. The van der Waals surface area contributed by atoms with Gasteiger partial charge in [-0.05, 0) is 0 Å². The molecule has 0 saturated carbocycles. The maximum Gasteiger partial charge on any atom is 0.355 e. The van der Waals surface area contributed by atoms with Crippen LogP contribution >= 0.6 is 0 Å². The minimum atomic E-state index is -1.26. The lowest BCUT2D eigenvalue weighted by molar-refractivity contribution is -0.208. The zero-order valence-corrected chi connectivity index (χ0v) is 12.2. The fourth-order valence-electron chi connectivity index (χ4n) is 1.86. The zero-order chi connectivity index (χ0) is 16.2. The quantitative estimate of drug-likeness (QED) is 0.516. The van der Waals surface area contributed by atoms with Gasteiger partial charge in [-0.1, -0.05) is 20.8 Å². The van der Waals surface area contributed by atoms with E-state index in [1.54, 1.807) is 20.8 Å². The lowest BCUT2D eigenvalue weighted by Crippen LogP contribution is -2.63. The van der Waals surface area contributed by atoms with Gasteiger partial charge in [0.2, 0.25) is 0 Å². The summed E-state index contributed by atoms with van der Waals surface area (Å²) in [6.07, 6.45) is -1.17. The van der Waals surface area contributed by atoms with Crippen molar-refractivity contribution in [1.29, 1.82) is 0 Å². The van der Waals surface area contributed by atoms with Gasteiger partial charge < -0.3 is 19.8 Å². The van der Waals surface area contributed by atoms with E-state index in [-0.39, 0.29) is 13.0 Å². The van der Waals surface area contributed by atoms with Crippen molar-refractivity contribution in [3.63, 3.8) is 0 Å². The van der Waals surface area contributed by atoms with Crippen LogP contribution < -0.4 is 0 Å². The maximum atomic E-state index is 12.2. The molecule has 9 heteroatoms. The first kappa shape index (κ1) is 17.2. The van der Waals surface area contributed by atoms with Crippen LogP contribution in [0.1, 0.15) is 27.2 Å². The highest BCUT2D eigenvalue weighted by atomic mass is 16.7. The van der Waals surface area contributed by atoms with Crippen molar-refractivity contribution in [2.45, 2.75) is 33.4 Å². The summed E-state index contributed by atoms with van der Waals surface area (Å²) in [5.74, 6) is -1.49. The van der Waals surface area contributed by atoms with Crippen molar-refractivity contribution < 1.29 is 34.2 Å². The molecule has 0 aromatic carbocycles. The summed E-state index contributed by atoms with van der Waals surface area (Å²) in [5.41, 5.74) is -0.832. The van der Waals surface area contributed by atoms with Gasteiger partial charge in [0.05, 0.1) is 6.54 Å². The Morgan fingerprint density at radius 1 is 1.38 bits per heavy atom. The molecule has 0 aliphatic carbocycles. The fraction of sp³-hybridized carbons (Fsp3) is 0.750. The van der Waals surface area contributed by atoms with E-state index in [1.165, 1.54) is 0 Å². The first-order valence-electron chi connectivity index (χ1n) is 6.46. The third kappa shape index (κ3) is 4.05. The van der Waals surface area contributed by atoms with E-state index < -0.39 is 43.0 Å². The van der Waals surface area contributed by atoms with Crippen LogP contribution in [0.25, 0.3) is 0 Å². The summed E-state index contributed by atoms with van der Waals surface area (Å²) < 4.78 is 4.33. The van der Waals surface area contributed by atoms with E-state index in [0.717, 1.165) is 9.96 Å². The molecule has 2 N–H and O–H groups in total. The molecule has 1 saturated heterocycles. The number of hydrogen-bond acceptors (Lipinski definition) is 7. The van der Waals surface area contributed by atoms with Gasteiger partial charge >= 0.3 is 18.0 Å². The second-order valence-electron chi connectivity index (χ2n) is 5.27. The van der Waals surface area contributed by atoms with Gasteiger partial charge in [0.1, 0.15) is 12.8 Å². The molecule has 1 atom stereocenters. The highest BCUT2D eigenvalue weighted by Crippen LogP contribution is 2.31. The molecule has 1 heterocycles. The highest BCUT2D eigenvalue weighted by molar-refractivity contribution is 5.82. The van der Waals surface area contributed by atoms with Gasteiger partial charge in [0.15, 0.2) is 6.79 Å². The van der Waals surface area contributed by atoms with Crippen molar-refractivity contribution in [1.82, 2.24) is 9.96 Å². The van der Waals surface area contributed by atoms with Crippen molar-refractivity contribution in [2.75, 3.05) is 19.9 Å². The number of urea groups is 1. The summed E-state index contributed by atoms with van der Waals surface area (Å²) in [4.78, 5) is 40.6. The minimum Gasteiger partial charge on any atom is -0.437 e. The number of rotatable bonds is 5. The Kier molecular flexibility index (Phi) is 5.50. The lowest BCUT2D eigenvalue weighted by Gasteiger charge is -2.46. The van der Waals surface area contributed by atoms with Crippen molar-refractivity contribution in [3.05, 3.63) is 0 Å². The van der Waals surface area contributed by atoms with Crippen LogP contribution in [0, 0.1) is 5.41 Å². The third-order valence-electron chi connectivity index (χ3n) is 3.03. The molecule has 1 fully saturated rings. The summed E-state index contributed by atoms with van der Waals surface area (Å²) >= 11 is 0. The normalized spacial score (nSPS) is 21.2. The smallest absolute Gasteiger partial charge is 0.355 e. The fourth-order valence-corrected chi connectivity index (χ4v) is 1.86. The molecular weight excluding hydrogens is 284 g/mol. The van der Waals surface area contributed by atoms with Crippen LogP contribution in [0.5, 0.6) is 0 Å². The summed E-state index contributed by atoms with van der Waals surface area (Å²) in [6, 6.07) is -0.821. The van der Waals surface area contributed by atoms with E-state index in [4.69, 9.17) is 9.94 Å². The Bertz CT molecular complexity index is 424. The highest BCUT2D eigenvalue weighted by Gasteiger charge is 2.46. The summed E-state index contributed by atoms with van der Waals surface area (Å²) in [6.45, 7) is 3.49. The van der Waals surface area contributed by atoms with Crippen LogP contribution in [0.4, 0.5) is 4.79 Å². The number of aliphatic hydroxyl groups is 2. The molecule has 120 valence electrons. The Morgan fingerprint density at radius 2 is 2.00 bits per heavy atom. The third-order valence-corrected chi connectivity index (χ3v) is 3.03. The average Bonchev–Trinajstić information content (AvgIpc) is 2.41. The summed E-state index contributed by atoms with van der Waals surface area (Å²) in [7, 11) is 0. The van der Waals surface area contributed by atoms with E-state index in [1.807, 2.05) is 0 Å². The number of ether oxygens (including phenoxy) is 1. The van der Waals surface area contributed by atoms with E-state index in [0.29, 0.717) is 0 Å². The number of carbonyl (C=O) groups is 3. The molecule has 1 aliphatic rings. The Labute approximate surface area is 122 Å². The van der Waals surface area contributed by atoms with E-state index in [9.17, 15) is 19.5 Å². The Hall–Kier alpha value is -1.87. The van der Waals surface area contributed by atoms with Crippen molar-refractivity contribution in [3.8, 4) is 0 Å². The molecule has 0 aromatic heterocycles. The van der Waals surface area contributed by atoms with Crippen molar-refractivity contribution >= 4 is 18.0 Å². The van der Waals surface area contributed by atoms with Gasteiger partial charge in [0.25, 0.3) is 0 Å². The number of amides is 2. The van der Waals surface area contributed by atoms with E-state index >= 15 is 0 Å². The number of hydroxylamine groups is 2. The van der Waals surface area contributed by atoms with Gasteiger partial charge in [-0.15, -0.1) is 0 Å². The van der Waals surface area contributed by atoms with Crippen LogP contribution in [-0.2, 0) is 19.2 Å². The topological polar surface area (TPSA) is 117 Å². The van der Waals surface area contributed by atoms with Gasteiger partial charge in [-0.2, -0.15) is 5.06 Å². The van der Waals surface area contributed by atoms with Crippen molar-refractivity contribution in [2.24, 2.45) is 5.41 Å². The largest absolute Gasteiger partial charge is 0.437 e. The van der Waals surface area contributed by atoms with Crippen LogP contribution in [0.2, 0.25) is 0 Å². The molecule has 2 amide bonds. The molecule has 9 nitrogen and oxygen atoms in total. The van der Waals surface area contributed by atoms with Crippen LogP contribution in [-0.4, -0.2) is 64.3 Å². The molecule has 0 aromatic rings. The predicted octanol–water partition coefficient (Wildman–Crippen LogP) is -0.570. The number of esters is 1. The second kappa shape index (κ2) is 6.72. The molecule has 1 unspecified atom stereocenters. The van der Waals surface area contributed by atoms with E-state index in [2.05, 4.69) is 4.74 Å². The molecule has 21 heavy (non-hydrogen) atoms. The summed E-state index contributed by atoms with van der Waals surface area (Å²) in [5, 5.41) is 19.5. The minimum absolute atomic E-state index is 0.00964. The van der Waals surface area contributed by atoms with Crippen LogP contribution in [0.3, 0.4) is 0 Å². The predicted molar refractivity (Wildman–Crippen MR) is 68.2 cm³/mol. The Balaban J connectivity index is 2.90. The SMILES string of the molecule is CCC(=O)ON1CC(C)(C)C(O)N(CC(=O)OCO)C1=O. The first-order valence-corrected chi connectivity index (χ1v) is 6.46. The number of nitrogens with zero attached hydrogens (tertiary/aromatic N) is 2. The van der Waals surface area contributed by atoms with Gasteiger partial charge in [-0.25, -0.2) is 9.59 Å². The van der Waals surface area contributed by atoms with Gasteiger partial charge in [0, 0.05) is 11.8 Å². The molecule has 1 rings (SSSR count). The maximum absolute atomic E-state index is 12.2. The number of carbonyl (C=O) groups excluding carboxylic acids is 3. The first-order chi connectivity index (χ1) is 9.72. The van der Waals surface area contributed by atoms with Gasteiger partial charge in [-0.3, -0.25) is 9.69 Å². The second-order valence-corrected chi connectivity index (χ2v) is 5.27. The molecule has 0 radical (unpaired) electrons. The standard InChI is InChI=1S/C12H20N2O7/c1-4-8(16)21-14-6-12(2,3)10(18)13(11(14)19)5-9(17)20-7-15/h10,15,18H,4-7H2,1-3H3. The lowest BCUT2D eigenvalue weighted by atomic mass is 9.88. The molecule has 0 spiro atoms. The van der Waals surface area contributed by atoms with Crippen LogP contribution in [0.15, 0.2) is 0 Å². The zero-order valence-electron chi connectivity index (χ0n) is 12.2. The molecular formula is C12H20N2O7. The Morgan fingerprint density at radius 3 is 2.52 bits per heavy atom. The molecule has 1 aliphatic heterocycles. The molecule has 0 bridgehead atoms. The number of aliphatic hydroxyl groups excluding tert-OH is 2.